The number of carbonyl (C=O) groups excluding carboxylic acids is 3. The number of benzene rings is 1. The second-order valence-electron chi connectivity index (χ2n) is 7.13. The van der Waals surface area contributed by atoms with E-state index in [1.54, 1.807) is 31.2 Å². The van der Waals surface area contributed by atoms with Gasteiger partial charge in [0.15, 0.2) is 5.78 Å². The summed E-state index contributed by atoms with van der Waals surface area (Å²) in [6, 6.07) is 6.68. The van der Waals surface area contributed by atoms with E-state index in [-0.39, 0.29) is 11.6 Å². The Hall–Kier alpha value is -1.95. The Morgan fingerprint density at radius 3 is 2.04 bits per heavy atom. The van der Waals surface area contributed by atoms with Crippen LogP contribution >= 0.6 is 0 Å². The average molecular weight is 350 g/mol. The van der Waals surface area contributed by atoms with E-state index in [0.29, 0.717) is 11.3 Å². The summed E-state index contributed by atoms with van der Waals surface area (Å²) < 4.78 is 10.7. The van der Waals surface area contributed by atoms with E-state index in [4.69, 9.17) is 4.43 Å². The minimum absolute atomic E-state index is 0.0769. The second kappa shape index (κ2) is 7.74. The molecule has 0 aromatic heterocycles. The van der Waals surface area contributed by atoms with E-state index in [9.17, 15) is 14.4 Å². The van der Waals surface area contributed by atoms with Gasteiger partial charge in [0.05, 0.1) is 13.0 Å². The molecule has 1 aromatic carbocycles. The van der Waals surface area contributed by atoms with Crippen LogP contribution in [0.15, 0.2) is 24.3 Å². The Balaban J connectivity index is 2.76. The Bertz CT molecular complexity index is 611. The van der Waals surface area contributed by atoms with E-state index in [1.165, 1.54) is 0 Å². The average Bonchev–Trinajstić information content (AvgIpc) is 2.46. The van der Waals surface area contributed by atoms with Gasteiger partial charge in [-0.3, -0.25) is 9.59 Å². The first kappa shape index (κ1) is 20.1. The first-order valence-corrected chi connectivity index (χ1v) is 10.9. The maximum Gasteiger partial charge on any atom is 0.375 e. The van der Waals surface area contributed by atoms with Crippen molar-refractivity contribution in [1.29, 1.82) is 0 Å². The molecule has 0 fully saturated rings. The van der Waals surface area contributed by atoms with Crippen LogP contribution < -0.4 is 4.43 Å². The number of rotatable bonds is 7. The van der Waals surface area contributed by atoms with Crippen LogP contribution in [0.25, 0.3) is 0 Å². The lowest BCUT2D eigenvalue weighted by Crippen LogP contribution is -2.43. The van der Waals surface area contributed by atoms with E-state index in [1.807, 2.05) is 0 Å². The fourth-order valence-corrected chi connectivity index (χ4v) is 2.72. The highest BCUT2D eigenvalue weighted by molar-refractivity contribution is 6.74. The fourth-order valence-electron chi connectivity index (χ4n) is 1.69. The minimum Gasteiger partial charge on any atom is -0.544 e. The third-order valence-electron chi connectivity index (χ3n) is 4.18. The standard InChI is InChI=1S/C18H26O5Si/c1-7-22-17(21)16(20)12-15(19)13-8-10-14(11-9-13)23-24(5,6)18(2,3)4/h8-11H,7,12H2,1-6H3. The van der Waals surface area contributed by atoms with Crippen LogP contribution in [-0.4, -0.2) is 32.5 Å². The molecular weight excluding hydrogens is 324 g/mol. The summed E-state index contributed by atoms with van der Waals surface area (Å²) in [6.45, 7) is 12.5. The summed E-state index contributed by atoms with van der Waals surface area (Å²) in [6.07, 6.45) is -0.485. The van der Waals surface area contributed by atoms with Crippen LogP contribution in [-0.2, 0) is 14.3 Å². The summed E-state index contributed by atoms with van der Waals surface area (Å²) in [5.41, 5.74) is 0.371. The van der Waals surface area contributed by atoms with Gasteiger partial charge in [-0.15, -0.1) is 0 Å². The van der Waals surface area contributed by atoms with Gasteiger partial charge in [-0.05, 0) is 49.3 Å². The quantitative estimate of drug-likeness (QED) is 0.246. The molecule has 24 heavy (non-hydrogen) atoms. The van der Waals surface area contributed by atoms with Gasteiger partial charge in [0.2, 0.25) is 14.1 Å². The largest absolute Gasteiger partial charge is 0.544 e. The predicted octanol–water partition coefficient (Wildman–Crippen LogP) is 3.78. The molecule has 0 atom stereocenters. The lowest BCUT2D eigenvalue weighted by molar-refractivity contribution is -0.153. The number of hydrogen-bond acceptors (Lipinski definition) is 5. The van der Waals surface area contributed by atoms with Crippen molar-refractivity contribution in [2.75, 3.05) is 6.61 Å². The van der Waals surface area contributed by atoms with Crippen molar-refractivity contribution in [3.63, 3.8) is 0 Å². The zero-order valence-electron chi connectivity index (χ0n) is 15.3. The molecule has 0 aliphatic carbocycles. The topological polar surface area (TPSA) is 69.7 Å². The highest BCUT2D eigenvalue weighted by atomic mass is 28.4. The molecule has 0 aliphatic rings. The molecule has 0 saturated carbocycles. The number of hydrogen-bond donors (Lipinski definition) is 0. The third-order valence-corrected chi connectivity index (χ3v) is 8.54. The number of ether oxygens (including phenoxy) is 1. The molecule has 0 aliphatic heterocycles. The molecule has 0 bridgehead atoms. The summed E-state index contributed by atoms with van der Waals surface area (Å²) >= 11 is 0. The molecule has 132 valence electrons. The Morgan fingerprint density at radius 2 is 1.58 bits per heavy atom. The molecule has 6 heteroatoms. The lowest BCUT2D eigenvalue weighted by atomic mass is 10.1. The smallest absolute Gasteiger partial charge is 0.375 e. The SMILES string of the molecule is CCOC(=O)C(=O)CC(=O)c1ccc(O[Si](C)(C)C(C)(C)C)cc1. The Morgan fingerprint density at radius 1 is 1.04 bits per heavy atom. The molecule has 0 amide bonds. The van der Waals surface area contributed by atoms with Gasteiger partial charge in [0, 0.05) is 5.56 Å². The first-order chi connectivity index (χ1) is 11.0. The molecule has 0 heterocycles. The van der Waals surface area contributed by atoms with Crippen molar-refractivity contribution in [2.24, 2.45) is 0 Å². The number of esters is 1. The van der Waals surface area contributed by atoms with Crippen LogP contribution in [0.1, 0.15) is 44.5 Å². The maximum absolute atomic E-state index is 12.1. The number of carbonyl (C=O) groups is 3. The van der Waals surface area contributed by atoms with Crippen LogP contribution in [0, 0.1) is 0 Å². The summed E-state index contributed by atoms with van der Waals surface area (Å²) in [5, 5.41) is 0.0769. The van der Waals surface area contributed by atoms with E-state index in [0.717, 1.165) is 0 Å². The van der Waals surface area contributed by atoms with Gasteiger partial charge >= 0.3 is 5.97 Å². The molecule has 1 rings (SSSR count). The monoisotopic (exact) mass is 350 g/mol. The van der Waals surface area contributed by atoms with Crippen molar-refractivity contribution in [1.82, 2.24) is 0 Å². The van der Waals surface area contributed by atoms with Crippen LogP contribution in [0.3, 0.4) is 0 Å². The highest BCUT2D eigenvalue weighted by Gasteiger charge is 2.38. The molecule has 0 unspecified atom stereocenters. The fraction of sp³-hybridized carbons (Fsp3) is 0.500. The lowest BCUT2D eigenvalue weighted by Gasteiger charge is -2.36. The van der Waals surface area contributed by atoms with Gasteiger partial charge < -0.3 is 9.16 Å². The van der Waals surface area contributed by atoms with E-state index in [2.05, 4.69) is 38.6 Å². The molecular formula is C18H26O5Si. The van der Waals surface area contributed by atoms with Gasteiger partial charge in [0.25, 0.3) is 0 Å². The van der Waals surface area contributed by atoms with Crippen molar-refractivity contribution < 1.29 is 23.5 Å². The maximum atomic E-state index is 12.1. The van der Waals surface area contributed by atoms with Gasteiger partial charge in [-0.1, -0.05) is 20.8 Å². The Kier molecular flexibility index (Phi) is 6.48. The molecule has 0 saturated heterocycles. The van der Waals surface area contributed by atoms with Crippen molar-refractivity contribution in [3.8, 4) is 5.75 Å². The van der Waals surface area contributed by atoms with Crippen LogP contribution in [0.4, 0.5) is 0 Å². The molecule has 0 N–H and O–H groups in total. The normalized spacial score (nSPS) is 11.8. The molecule has 1 aromatic rings. The van der Waals surface area contributed by atoms with Gasteiger partial charge in [0.1, 0.15) is 5.75 Å². The summed E-state index contributed by atoms with van der Waals surface area (Å²) in [5.74, 6) is -1.51. The van der Waals surface area contributed by atoms with Crippen molar-refractivity contribution >= 4 is 25.9 Å². The van der Waals surface area contributed by atoms with E-state index < -0.39 is 32.3 Å². The minimum atomic E-state index is -1.94. The van der Waals surface area contributed by atoms with Crippen LogP contribution in [0.2, 0.25) is 18.1 Å². The molecule has 0 spiro atoms. The van der Waals surface area contributed by atoms with Crippen molar-refractivity contribution in [3.05, 3.63) is 29.8 Å². The second-order valence-corrected chi connectivity index (χ2v) is 11.9. The van der Waals surface area contributed by atoms with Crippen molar-refractivity contribution in [2.45, 2.75) is 52.2 Å². The third kappa shape index (κ3) is 5.30. The molecule has 5 nitrogen and oxygen atoms in total. The zero-order chi connectivity index (χ0) is 18.5. The Labute approximate surface area is 144 Å². The summed E-state index contributed by atoms with van der Waals surface area (Å²) in [4.78, 5) is 34.9. The van der Waals surface area contributed by atoms with Gasteiger partial charge in [-0.2, -0.15) is 0 Å². The predicted molar refractivity (Wildman–Crippen MR) is 94.9 cm³/mol. The van der Waals surface area contributed by atoms with Crippen LogP contribution in [0.5, 0.6) is 5.75 Å². The summed E-state index contributed by atoms with van der Waals surface area (Å²) in [7, 11) is -1.94. The number of ketones is 2. The van der Waals surface area contributed by atoms with E-state index >= 15 is 0 Å². The molecule has 0 radical (unpaired) electrons. The highest BCUT2D eigenvalue weighted by Crippen LogP contribution is 2.37. The zero-order valence-corrected chi connectivity index (χ0v) is 16.3. The number of Topliss-reactive ketones (excluding diaryl/α,β-unsaturated/α-hetero) is 2. The van der Waals surface area contributed by atoms with Gasteiger partial charge in [-0.25, -0.2) is 4.79 Å². The first-order valence-electron chi connectivity index (χ1n) is 8.00.